The third kappa shape index (κ3) is 56.4. The molecular weight excluding hydrogens is 964 g/mol. The maximum absolute atomic E-state index is 13.6. The van der Waals surface area contributed by atoms with Crippen molar-refractivity contribution in [2.24, 2.45) is 0 Å². The van der Waals surface area contributed by atoms with Gasteiger partial charge in [0.2, 0.25) is 5.91 Å². The second-order valence-corrected chi connectivity index (χ2v) is 24.4. The molecule has 0 radical (unpaired) electrons. The molecule has 0 rings (SSSR count). The van der Waals surface area contributed by atoms with Crippen molar-refractivity contribution in [2.75, 3.05) is 40.9 Å². The topological polar surface area (TPSA) is 111 Å². The number of hydrogen-bond donors (Lipinski definition) is 2. The Hall–Kier alpha value is -2.29. The van der Waals surface area contributed by atoms with Gasteiger partial charge in [-0.3, -0.25) is 18.6 Å². The number of ether oxygens (including phenoxy) is 1. The minimum Gasteiger partial charge on any atom is -0.456 e. The summed E-state index contributed by atoms with van der Waals surface area (Å²) in [5.74, 6) is -0.512. The first-order valence-corrected chi connectivity index (χ1v) is 33.6. The molecule has 0 saturated heterocycles. The van der Waals surface area contributed by atoms with E-state index in [-0.39, 0.29) is 31.5 Å². The zero-order valence-electron chi connectivity index (χ0n) is 50.7. The molecule has 1 amide bonds. The molecule has 0 aliphatic rings. The van der Waals surface area contributed by atoms with Crippen LogP contribution in [-0.2, 0) is 27.9 Å². The lowest BCUT2D eigenvalue weighted by Crippen LogP contribution is -2.47. The van der Waals surface area contributed by atoms with Gasteiger partial charge in [0.15, 0.2) is 0 Å². The van der Waals surface area contributed by atoms with Crippen LogP contribution in [0.1, 0.15) is 297 Å². The maximum Gasteiger partial charge on any atom is 0.472 e. The van der Waals surface area contributed by atoms with Crippen molar-refractivity contribution in [3.8, 4) is 0 Å². The Morgan fingerprint density at radius 2 is 0.855 bits per heavy atom. The van der Waals surface area contributed by atoms with Crippen LogP contribution in [0.15, 0.2) is 60.8 Å². The van der Waals surface area contributed by atoms with E-state index in [0.717, 1.165) is 77.0 Å². The molecule has 0 spiro atoms. The van der Waals surface area contributed by atoms with Crippen molar-refractivity contribution in [3.05, 3.63) is 60.8 Å². The van der Waals surface area contributed by atoms with Crippen LogP contribution >= 0.6 is 7.82 Å². The zero-order valence-corrected chi connectivity index (χ0v) is 51.6. The van der Waals surface area contributed by atoms with E-state index in [1.807, 2.05) is 33.3 Å². The molecule has 0 aliphatic heterocycles. The fourth-order valence-corrected chi connectivity index (χ4v) is 10.0. The van der Waals surface area contributed by atoms with Crippen LogP contribution in [0, 0.1) is 0 Å². The molecule has 0 saturated carbocycles. The first-order chi connectivity index (χ1) is 36.9. The molecule has 3 atom stereocenters. The van der Waals surface area contributed by atoms with E-state index in [2.05, 4.69) is 74.7 Å². The Morgan fingerprint density at radius 1 is 0.474 bits per heavy atom. The molecule has 9 nitrogen and oxygen atoms in total. The largest absolute Gasteiger partial charge is 0.472 e. The summed E-state index contributed by atoms with van der Waals surface area (Å²) in [6, 6.07) is -0.853. The van der Waals surface area contributed by atoms with Crippen molar-refractivity contribution < 1.29 is 37.3 Å². The molecule has 0 fully saturated rings. The van der Waals surface area contributed by atoms with Crippen molar-refractivity contribution >= 4 is 19.7 Å². The Labute approximate surface area is 471 Å². The summed E-state index contributed by atoms with van der Waals surface area (Å²) < 4.78 is 30.7. The summed E-state index contributed by atoms with van der Waals surface area (Å²) in [6.45, 7) is 6.89. The average molecular weight is 1090 g/mol. The summed E-state index contributed by atoms with van der Waals surface area (Å²) in [6.07, 6.45) is 70.8. The fourth-order valence-electron chi connectivity index (χ4n) is 9.29. The number of nitrogens with zero attached hydrogens (tertiary/aromatic N) is 1. The molecule has 76 heavy (non-hydrogen) atoms. The van der Waals surface area contributed by atoms with Crippen molar-refractivity contribution in [3.63, 3.8) is 0 Å². The number of quaternary nitrogens is 1. The van der Waals surface area contributed by atoms with Crippen LogP contribution in [0.25, 0.3) is 0 Å². The van der Waals surface area contributed by atoms with Gasteiger partial charge in [-0.05, 0) is 76.7 Å². The van der Waals surface area contributed by atoms with Gasteiger partial charge in [-0.25, -0.2) is 4.57 Å². The first-order valence-electron chi connectivity index (χ1n) is 32.1. The number of carbonyl (C=O) groups excluding carboxylic acids is 2. The molecule has 0 aromatic carbocycles. The number of unbranched alkanes of at least 4 members (excludes halogenated alkanes) is 36. The van der Waals surface area contributed by atoms with Crippen LogP contribution < -0.4 is 5.32 Å². The number of nitrogens with one attached hydrogen (secondary N) is 1. The number of likely N-dealkylation sites (N-methyl/N-ethyl adjacent to an activating group) is 1. The molecule has 0 bridgehead atoms. The summed E-state index contributed by atoms with van der Waals surface area (Å²) in [7, 11) is 1.49. The number of amides is 1. The van der Waals surface area contributed by atoms with Crippen molar-refractivity contribution in [1.29, 1.82) is 0 Å². The monoisotopic (exact) mass is 1090 g/mol. The number of allylic oxidation sites excluding steroid dienone is 9. The smallest absolute Gasteiger partial charge is 0.456 e. The van der Waals surface area contributed by atoms with Crippen LogP contribution in [-0.4, -0.2) is 74.3 Å². The average Bonchev–Trinajstić information content (AvgIpc) is 3.38. The minimum absolute atomic E-state index is 0.0376. The van der Waals surface area contributed by atoms with Crippen LogP contribution in [0.2, 0.25) is 0 Å². The van der Waals surface area contributed by atoms with Crippen LogP contribution in [0.3, 0.4) is 0 Å². The number of carbonyl (C=O) groups is 2. The van der Waals surface area contributed by atoms with Gasteiger partial charge in [-0.2, -0.15) is 0 Å². The fraction of sp³-hybridized carbons (Fsp3) is 0.818. The van der Waals surface area contributed by atoms with E-state index >= 15 is 0 Å². The van der Waals surface area contributed by atoms with E-state index < -0.39 is 20.0 Å². The molecular formula is C66H124N2O7P+. The molecule has 0 aliphatic carbocycles. The quantitative estimate of drug-likeness (QED) is 0.0156. The van der Waals surface area contributed by atoms with Crippen molar-refractivity contribution in [2.45, 2.75) is 309 Å². The Kier molecular flexibility index (Phi) is 54.3. The van der Waals surface area contributed by atoms with Gasteiger partial charge < -0.3 is 19.4 Å². The summed E-state index contributed by atoms with van der Waals surface area (Å²) in [5.41, 5.74) is 0. The van der Waals surface area contributed by atoms with Gasteiger partial charge in [0.05, 0.1) is 33.8 Å². The standard InChI is InChI=1S/C66H123N2O7P/c1-7-10-13-16-19-22-25-28-30-31-32-33-34-35-36-37-39-40-43-46-49-52-55-58-65(69)67-63(62-74-76(71,72)73-61-60-68(4,5)6)64(57-54-51-48-45-42-27-24-21-18-15-12-9-3)75-66(70)59-56-53-50-47-44-41-38-29-26-23-20-17-14-11-8-2/h11,14,17,20,23,26,28,30,54,57,63-64H,7-10,12-13,15-16,18-19,21-22,24-25,27,29,31-53,55-56,58-62H2,1-6H3,(H-,67,69,71,72)/p+1/b14-11+,20-17+,26-23+,30-28+,57-54-. The minimum atomic E-state index is -4.45. The lowest BCUT2D eigenvalue weighted by molar-refractivity contribution is -0.870. The van der Waals surface area contributed by atoms with Crippen LogP contribution in [0.4, 0.5) is 0 Å². The molecule has 444 valence electrons. The number of rotatable bonds is 58. The summed E-state index contributed by atoms with van der Waals surface area (Å²) in [4.78, 5) is 37.7. The summed E-state index contributed by atoms with van der Waals surface area (Å²) in [5, 5.41) is 3.06. The van der Waals surface area contributed by atoms with Gasteiger partial charge in [-0.1, -0.05) is 268 Å². The highest BCUT2D eigenvalue weighted by molar-refractivity contribution is 7.47. The Bertz CT molecular complexity index is 1490. The second-order valence-electron chi connectivity index (χ2n) is 23.0. The third-order valence-electron chi connectivity index (χ3n) is 14.3. The molecule has 3 unspecified atom stereocenters. The van der Waals surface area contributed by atoms with Gasteiger partial charge in [0, 0.05) is 12.8 Å². The third-order valence-corrected chi connectivity index (χ3v) is 15.2. The zero-order chi connectivity index (χ0) is 55.7. The molecule has 0 aromatic heterocycles. The number of phosphoric ester groups is 1. The van der Waals surface area contributed by atoms with Crippen LogP contribution in [0.5, 0.6) is 0 Å². The lowest BCUT2D eigenvalue weighted by atomic mass is 10.0. The van der Waals surface area contributed by atoms with Gasteiger partial charge in [0.25, 0.3) is 0 Å². The Morgan fingerprint density at radius 3 is 1.29 bits per heavy atom. The van der Waals surface area contributed by atoms with Gasteiger partial charge in [-0.15, -0.1) is 0 Å². The predicted molar refractivity (Wildman–Crippen MR) is 328 cm³/mol. The highest BCUT2D eigenvalue weighted by Crippen LogP contribution is 2.43. The normalized spacial score (nSPS) is 14.0. The molecule has 0 heterocycles. The number of phosphoric acid groups is 1. The molecule has 0 aromatic rings. The number of hydrogen-bond acceptors (Lipinski definition) is 6. The van der Waals surface area contributed by atoms with E-state index in [9.17, 15) is 19.0 Å². The predicted octanol–water partition coefficient (Wildman–Crippen LogP) is 19.8. The molecule has 10 heteroatoms. The van der Waals surface area contributed by atoms with E-state index in [1.54, 1.807) is 0 Å². The number of esters is 1. The highest BCUT2D eigenvalue weighted by atomic mass is 31.2. The second kappa shape index (κ2) is 56.0. The van der Waals surface area contributed by atoms with Gasteiger partial charge in [0.1, 0.15) is 19.3 Å². The van der Waals surface area contributed by atoms with E-state index in [4.69, 9.17) is 13.8 Å². The van der Waals surface area contributed by atoms with Gasteiger partial charge >= 0.3 is 13.8 Å². The Balaban J connectivity index is 5.14. The van der Waals surface area contributed by atoms with E-state index in [0.29, 0.717) is 17.4 Å². The van der Waals surface area contributed by atoms with Crippen molar-refractivity contribution in [1.82, 2.24) is 5.32 Å². The molecule has 2 N–H and O–H groups in total. The lowest BCUT2D eigenvalue weighted by Gasteiger charge is -2.27. The highest BCUT2D eigenvalue weighted by Gasteiger charge is 2.30. The SMILES string of the molecule is CC/C=C/C=C/C=C/CCCCCCCCCC(=O)OC(/C=C\CCCCCCCCCCCC)C(COP(=O)(O)OCC[N+](C)(C)C)NC(=O)CCCCCCCCCCCCCCC/C=C/CCCCCCCC. The van der Waals surface area contributed by atoms with E-state index in [1.165, 1.54) is 186 Å². The summed E-state index contributed by atoms with van der Waals surface area (Å²) >= 11 is 0. The first kappa shape index (κ1) is 73.7. The maximum atomic E-state index is 13.6.